The molecule has 1 saturated heterocycles. The Morgan fingerprint density at radius 2 is 1.89 bits per heavy atom. The van der Waals surface area contributed by atoms with Crippen molar-refractivity contribution in [1.82, 2.24) is 19.8 Å². The Balaban J connectivity index is 1.65. The number of morpholine rings is 1. The first-order valence-electron chi connectivity index (χ1n) is 11.2. The largest absolute Gasteiger partial charge is 0.505 e. The summed E-state index contributed by atoms with van der Waals surface area (Å²) >= 11 is 0. The smallest absolute Gasteiger partial charge is 0.268 e. The van der Waals surface area contributed by atoms with E-state index in [1.807, 2.05) is 0 Å². The van der Waals surface area contributed by atoms with Crippen LogP contribution in [0.2, 0.25) is 0 Å². The molecule has 1 aliphatic heterocycles. The maximum Gasteiger partial charge on any atom is 0.268 e. The van der Waals surface area contributed by atoms with E-state index < -0.39 is 35.2 Å². The van der Waals surface area contributed by atoms with E-state index in [0.29, 0.717) is 31.7 Å². The summed E-state index contributed by atoms with van der Waals surface area (Å²) < 4.78 is 19.5. The molecule has 4 N–H and O–H groups in total. The molecule has 0 radical (unpaired) electrons. The summed E-state index contributed by atoms with van der Waals surface area (Å²) in [6.07, 6.45) is 1.86. The third-order valence-corrected chi connectivity index (χ3v) is 5.81. The molecule has 0 saturated carbocycles. The van der Waals surface area contributed by atoms with E-state index >= 15 is 0 Å². The Bertz CT molecular complexity index is 1300. The lowest BCUT2D eigenvalue weighted by molar-refractivity contribution is -0.118. The summed E-state index contributed by atoms with van der Waals surface area (Å²) in [4.78, 5) is 44.1. The number of aromatic nitrogens is 2. The van der Waals surface area contributed by atoms with Gasteiger partial charge in [-0.05, 0) is 35.7 Å². The number of amides is 2. The third kappa shape index (κ3) is 5.64. The van der Waals surface area contributed by atoms with Crippen LogP contribution in [-0.2, 0) is 22.5 Å². The van der Waals surface area contributed by atoms with Gasteiger partial charge in [-0.2, -0.15) is 0 Å². The number of pyridine rings is 2. The number of primary amides is 1. The minimum Gasteiger partial charge on any atom is -0.505 e. The molecule has 1 aliphatic rings. The maximum atomic E-state index is 13.2. The van der Waals surface area contributed by atoms with E-state index in [4.69, 9.17) is 10.5 Å². The molecule has 2 amide bonds. The second kappa shape index (κ2) is 10.6. The van der Waals surface area contributed by atoms with Gasteiger partial charge in [0.05, 0.1) is 18.7 Å². The number of hydrogen-bond donors (Lipinski definition) is 3. The number of nitrogens with zero attached hydrogens (tertiary/aromatic N) is 3. The van der Waals surface area contributed by atoms with Crippen molar-refractivity contribution in [3.05, 3.63) is 69.4 Å². The second-order valence-corrected chi connectivity index (χ2v) is 8.31. The Kier molecular flexibility index (Phi) is 7.37. The third-order valence-electron chi connectivity index (χ3n) is 5.81. The molecule has 0 spiro atoms. The predicted octanol–water partition coefficient (Wildman–Crippen LogP) is 0.379. The Morgan fingerprint density at radius 3 is 2.57 bits per heavy atom. The molecule has 4 rings (SSSR count). The first kappa shape index (κ1) is 24.3. The van der Waals surface area contributed by atoms with Crippen LogP contribution < -0.4 is 16.6 Å². The van der Waals surface area contributed by atoms with Crippen LogP contribution >= 0.6 is 0 Å². The lowest BCUT2D eigenvalue weighted by Crippen LogP contribution is -2.42. The van der Waals surface area contributed by atoms with Crippen LogP contribution in [0.5, 0.6) is 5.75 Å². The van der Waals surface area contributed by atoms with Gasteiger partial charge in [0.25, 0.3) is 11.5 Å². The molecular formula is C24H26FN5O5. The summed E-state index contributed by atoms with van der Waals surface area (Å²) in [5.41, 5.74) is 5.62. The zero-order valence-electron chi connectivity index (χ0n) is 19.0. The lowest BCUT2D eigenvalue weighted by atomic mass is 10.1. The van der Waals surface area contributed by atoms with Crippen LogP contribution in [-0.4, -0.2) is 70.8 Å². The van der Waals surface area contributed by atoms with E-state index in [0.717, 1.165) is 23.2 Å². The molecule has 1 fully saturated rings. The normalized spacial score (nSPS) is 14.2. The van der Waals surface area contributed by atoms with Crippen molar-refractivity contribution >= 4 is 22.8 Å². The van der Waals surface area contributed by atoms with Crippen LogP contribution in [0.1, 0.15) is 21.5 Å². The van der Waals surface area contributed by atoms with Crippen molar-refractivity contribution in [3.8, 4) is 5.75 Å². The predicted molar refractivity (Wildman–Crippen MR) is 126 cm³/mol. The number of nitrogens with two attached hydrogens (primary N) is 1. The molecular weight excluding hydrogens is 457 g/mol. The minimum atomic E-state index is -0.849. The number of nitrogens with one attached hydrogen (secondary N) is 1. The van der Waals surface area contributed by atoms with Gasteiger partial charge in [-0.25, -0.2) is 4.39 Å². The monoisotopic (exact) mass is 483 g/mol. The van der Waals surface area contributed by atoms with Gasteiger partial charge in [-0.1, -0.05) is 12.1 Å². The quantitative estimate of drug-likeness (QED) is 0.421. The molecule has 184 valence electrons. The minimum absolute atomic E-state index is 0.00737. The fourth-order valence-corrected chi connectivity index (χ4v) is 4.04. The van der Waals surface area contributed by atoms with Crippen LogP contribution in [0.3, 0.4) is 0 Å². The van der Waals surface area contributed by atoms with Crippen molar-refractivity contribution in [2.24, 2.45) is 5.73 Å². The number of halogens is 1. The number of carbonyl (C=O) groups is 2. The van der Waals surface area contributed by atoms with Gasteiger partial charge in [0.1, 0.15) is 23.4 Å². The zero-order chi connectivity index (χ0) is 24.9. The molecule has 2 aromatic heterocycles. The molecule has 1 aromatic carbocycles. The Morgan fingerprint density at radius 1 is 1.17 bits per heavy atom. The summed E-state index contributed by atoms with van der Waals surface area (Å²) in [5, 5.41) is 13.4. The van der Waals surface area contributed by atoms with Gasteiger partial charge in [-0.3, -0.25) is 28.8 Å². The number of carbonyl (C=O) groups excluding carboxylic acids is 2. The van der Waals surface area contributed by atoms with E-state index in [2.05, 4.69) is 15.2 Å². The van der Waals surface area contributed by atoms with E-state index in [9.17, 15) is 23.9 Å². The van der Waals surface area contributed by atoms with Crippen molar-refractivity contribution in [2.45, 2.75) is 13.0 Å². The van der Waals surface area contributed by atoms with Gasteiger partial charge in [0, 0.05) is 32.4 Å². The molecule has 3 aromatic rings. The highest BCUT2D eigenvalue weighted by Gasteiger charge is 2.24. The SMILES string of the molecule is NC(=O)Cn1c(=O)c(C(=O)NCCN2CCOCC2)c(O)c2ncc(Cc3ccc(F)cc3)cc21. The highest BCUT2D eigenvalue weighted by atomic mass is 19.1. The van der Waals surface area contributed by atoms with Crippen LogP contribution in [0, 0.1) is 5.82 Å². The number of aromatic hydroxyl groups is 1. The topological polar surface area (TPSA) is 140 Å². The van der Waals surface area contributed by atoms with Gasteiger partial charge >= 0.3 is 0 Å². The Labute approximate surface area is 200 Å². The second-order valence-electron chi connectivity index (χ2n) is 8.31. The van der Waals surface area contributed by atoms with E-state index in [1.165, 1.54) is 18.3 Å². The van der Waals surface area contributed by atoms with Crippen molar-refractivity contribution in [1.29, 1.82) is 0 Å². The average Bonchev–Trinajstić information content (AvgIpc) is 2.84. The molecule has 0 bridgehead atoms. The number of rotatable bonds is 8. The molecule has 3 heterocycles. The molecule has 10 nitrogen and oxygen atoms in total. The highest BCUT2D eigenvalue weighted by molar-refractivity contribution is 6.01. The maximum absolute atomic E-state index is 13.2. The highest BCUT2D eigenvalue weighted by Crippen LogP contribution is 2.26. The van der Waals surface area contributed by atoms with Gasteiger partial charge in [0.2, 0.25) is 5.91 Å². The number of hydrogen-bond acceptors (Lipinski definition) is 7. The zero-order valence-corrected chi connectivity index (χ0v) is 19.0. The Hall–Kier alpha value is -3.83. The molecule has 35 heavy (non-hydrogen) atoms. The fourth-order valence-electron chi connectivity index (χ4n) is 4.04. The number of fused-ring (bicyclic) bond motifs is 1. The molecule has 0 atom stereocenters. The van der Waals surface area contributed by atoms with Crippen LogP contribution in [0.4, 0.5) is 4.39 Å². The van der Waals surface area contributed by atoms with Crippen LogP contribution in [0.25, 0.3) is 11.0 Å². The summed E-state index contributed by atoms with van der Waals surface area (Å²) in [7, 11) is 0. The van der Waals surface area contributed by atoms with Gasteiger partial charge in [0.15, 0.2) is 5.75 Å². The first-order valence-corrected chi connectivity index (χ1v) is 11.2. The van der Waals surface area contributed by atoms with Gasteiger partial charge in [-0.15, -0.1) is 0 Å². The average molecular weight is 484 g/mol. The van der Waals surface area contributed by atoms with E-state index in [-0.39, 0.29) is 23.4 Å². The summed E-state index contributed by atoms with van der Waals surface area (Å²) in [6.45, 7) is 3.04. The van der Waals surface area contributed by atoms with Crippen molar-refractivity contribution in [3.63, 3.8) is 0 Å². The van der Waals surface area contributed by atoms with Crippen molar-refractivity contribution < 1.29 is 23.8 Å². The number of benzene rings is 1. The molecule has 0 unspecified atom stereocenters. The fraction of sp³-hybridized carbons (Fsp3) is 0.333. The summed E-state index contributed by atoms with van der Waals surface area (Å²) in [5.74, 6) is -2.48. The van der Waals surface area contributed by atoms with Crippen molar-refractivity contribution in [2.75, 3.05) is 39.4 Å². The lowest BCUT2D eigenvalue weighted by Gasteiger charge is -2.26. The van der Waals surface area contributed by atoms with E-state index in [1.54, 1.807) is 18.2 Å². The standard InChI is InChI=1S/C24H26FN5O5/c25-17-3-1-15(2-4-17)11-16-12-18-21(28-13-16)22(32)20(24(34)30(18)14-19(26)31)23(33)27-5-6-29-7-9-35-10-8-29/h1-4,12-13,32H,5-11,14H2,(H2,26,31)(H,27,33). The van der Waals surface area contributed by atoms with Crippen LogP contribution in [0.15, 0.2) is 41.3 Å². The first-order chi connectivity index (χ1) is 16.8. The molecule has 11 heteroatoms. The summed E-state index contributed by atoms with van der Waals surface area (Å²) in [6, 6.07) is 7.51. The molecule has 0 aliphatic carbocycles. The van der Waals surface area contributed by atoms with Gasteiger partial charge < -0.3 is 20.9 Å². The number of ether oxygens (including phenoxy) is 1.